The van der Waals surface area contributed by atoms with Gasteiger partial charge in [0.05, 0.1) is 7.11 Å². The van der Waals surface area contributed by atoms with Gasteiger partial charge in [0, 0.05) is 10.9 Å². The van der Waals surface area contributed by atoms with Crippen LogP contribution < -0.4 is 10.1 Å². The third kappa shape index (κ3) is 4.36. The van der Waals surface area contributed by atoms with E-state index in [1.807, 2.05) is 23.5 Å². The zero-order chi connectivity index (χ0) is 14.2. The summed E-state index contributed by atoms with van der Waals surface area (Å²) < 4.78 is 5.22. The summed E-state index contributed by atoms with van der Waals surface area (Å²) in [7, 11) is 1.71. The lowest BCUT2D eigenvalue weighted by atomic mass is 10.0. The van der Waals surface area contributed by atoms with Crippen LogP contribution in [0.2, 0.25) is 0 Å². The van der Waals surface area contributed by atoms with E-state index in [9.17, 15) is 0 Å². The molecule has 0 radical (unpaired) electrons. The zero-order valence-corrected chi connectivity index (χ0v) is 13.1. The Morgan fingerprint density at radius 1 is 1.20 bits per heavy atom. The molecule has 0 aliphatic rings. The number of hydrogen-bond donors (Lipinski definition) is 1. The molecule has 1 atom stereocenters. The first-order chi connectivity index (χ1) is 9.83. The highest BCUT2D eigenvalue weighted by molar-refractivity contribution is 7.09. The predicted octanol–water partition coefficient (Wildman–Crippen LogP) is 4.43. The van der Waals surface area contributed by atoms with Gasteiger partial charge in [0.1, 0.15) is 5.75 Å². The van der Waals surface area contributed by atoms with E-state index < -0.39 is 0 Å². The molecule has 0 saturated carbocycles. The normalized spacial score (nSPS) is 12.3. The molecule has 0 bridgehead atoms. The van der Waals surface area contributed by atoms with Gasteiger partial charge in [0.25, 0.3) is 0 Å². The summed E-state index contributed by atoms with van der Waals surface area (Å²) in [4.78, 5) is 1.48. The van der Waals surface area contributed by atoms with Gasteiger partial charge in [0.15, 0.2) is 0 Å². The van der Waals surface area contributed by atoms with E-state index in [0.29, 0.717) is 6.04 Å². The standard InChI is InChI=1S/C17H23NOS/c1-3-18-17(8-4-6-16-7-5-13-20-16)14-9-11-15(19-2)12-10-14/h5,7,9-13,17-18H,3-4,6,8H2,1-2H3. The monoisotopic (exact) mass is 289 g/mol. The third-order valence-electron chi connectivity index (χ3n) is 3.46. The van der Waals surface area contributed by atoms with E-state index >= 15 is 0 Å². The fourth-order valence-electron chi connectivity index (χ4n) is 2.40. The Morgan fingerprint density at radius 2 is 2.00 bits per heavy atom. The zero-order valence-electron chi connectivity index (χ0n) is 12.3. The minimum Gasteiger partial charge on any atom is -0.497 e. The minimum absolute atomic E-state index is 0.436. The molecular formula is C17H23NOS. The molecule has 0 spiro atoms. The van der Waals surface area contributed by atoms with E-state index in [-0.39, 0.29) is 0 Å². The number of nitrogens with one attached hydrogen (secondary N) is 1. The van der Waals surface area contributed by atoms with Crippen LogP contribution in [0.25, 0.3) is 0 Å². The summed E-state index contributed by atoms with van der Waals surface area (Å²) in [6, 6.07) is 13.2. The largest absolute Gasteiger partial charge is 0.497 e. The van der Waals surface area contributed by atoms with E-state index in [1.165, 1.54) is 23.3 Å². The average Bonchev–Trinajstić information content (AvgIpc) is 3.00. The molecule has 2 rings (SSSR count). The van der Waals surface area contributed by atoms with Crippen molar-refractivity contribution in [1.29, 1.82) is 0 Å². The molecule has 1 aromatic carbocycles. The molecule has 0 aliphatic heterocycles. The van der Waals surface area contributed by atoms with Crippen LogP contribution >= 0.6 is 11.3 Å². The Hall–Kier alpha value is -1.32. The SMILES string of the molecule is CCNC(CCCc1cccs1)c1ccc(OC)cc1. The molecule has 0 saturated heterocycles. The second-order valence-corrected chi connectivity index (χ2v) is 5.89. The maximum absolute atomic E-state index is 5.22. The summed E-state index contributed by atoms with van der Waals surface area (Å²) in [5.74, 6) is 0.919. The van der Waals surface area contributed by atoms with Gasteiger partial charge in [-0.25, -0.2) is 0 Å². The number of thiophene rings is 1. The van der Waals surface area contributed by atoms with Crippen molar-refractivity contribution in [2.45, 2.75) is 32.2 Å². The molecule has 20 heavy (non-hydrogen) atoms. The second kappa shape index (κ2) is 8.08. The van der Waals surface area contributed by atoms with E-state index in [4.69, 9.17) is 4.74 Å². The van der Waals surface area contributed by atoms with Gasteiger partial charge in [-0.05, 0) is 54.9 Å². The molecule has 3 heteroatoms. The third-order valence-corrected chi connectivity index (χ3v) is 4.40. The molecular weight excluding hydrogens is 266 g/mol. The van der Waals surface area contributed by atoms with Crippen LogP contribution in [0.15, 0.2) is 41.8 Å². The highest BCUT2D eigenvalue weighted by Crippen LogP contribution is 2.23. The maximum atomic E-state index is 5.22. The summed E-state index contributed by atoms with van der Waals surface area (Å²) in [5.41, 5.74) is 1.35. The molecule has 0 amide bonds. The number of benzene rings is 1. The van der Waals surface area contributed by atoms with Crippen molar-refractivity contribution in [3.05, 3.63) is 52.2 Å². The van der Waals surface area contributed by atoms with E-state index in [2.05, 4.69) is 41.9 Å². The molecule has 0 aliphatic carbocycles. The molecule has 108 valence electrons. The van der Waals surface area contributed by atoms with Gasteiger partial charge < -0.3 is 10.1 Å². The fourth-order valence-corrected chi connectivity index (χ4v) is 3.16. The number of aryl methyl sites for hydroxylation is 1. The van der Waals surface area contributed by atoms with Crippen LogP contribution in [0.5, 0.6) is 5.75 Å². The summed E-state index contributed by atoms with van der Waals surface area (Å²) >= 11 is 1.85. The van der Waals surface area contributed by atoms with Gasteiger partial charge in [-0.1, -0.05) is 25.1 Å². The van der Waals surface area contributed by atoms with E-state index in [1.54, 1.807) is 7.11 Å². The quantitative estimate of drug-likeness (QED) is 0.776. The lowest BCUT2D eigenvalue weighted by Gasteiger charge is -2.18. The molecule has 2 nitrogen and oxygen atoms in total. The van der Waals surface area contributed by atoms with Crippen molar-refractivity contribution < 1.29 is 4.74 Å². The molecule has 2 aromatic rings. The number of methoxy groups -OCH3 is 1. The Kier molecular flexibility index (Phi) is 6.09. The van der Waals surface area contributed by atoms with Crippen molar-refractivity contribution in [2.75, 3.05) is 13.7 Å². The van der Waals surface area contributed by atoms with Gasteiger partial charge in [-0.2, -0.15) is 0 Å². The van der Waals surface area contributed by atoms with Gasteiger partial charge in [0.2, 0.25) is 0 Å². The molecule has 1 N–H and O–H groups in total. The van der Waals surface area contributed by atoms with Crippen molar-refractivity contribution in [3.63, 3.8) is 0 Å². The minimum atomic E-state index is 0.436. The van der Waals surface area contributed by atoms with Gasteiger partial charge in [-0.3, -0.25) is 0 Å². The van der Waals surface area contributed by atoms with Crippen LogP contribution in [0.4, 0.5) is 0 Å². The van der Waals surface area contributed by atoms with Crippen molar-refractivity contribution in [1.82, 2.24) is 5.32 Å². The highest BCUT2D eigenvalue weighted by Gasteiger charge is 2.10. The Balaban J connectivity index is 1.91. The smallest absolute Gasteiger partial charge is 0.118 e. The Labute approximate surface area is 125 Å². The number of ether oxygens (including phenoxy) is 1. The molecule has 1 unspecified atom stereocenters. The fraction of sp³-hybridized carbons (Fsp3) is 0.412. The first-order valence-electron chi connectivity index (χ1n) is 7.23. The maximum Gasteiger partial charge on any atom is 0.118 e. The second-order valence-electron chi connectivity index (χ2n) is 4.86. The lowest BCUT2D eigenvalue weighted by Crippen LogP contribution is -2.20. The molecule has 1 aromatic heterocycles. The van der Waals surface area contributed by atoms with Gasteiger partial charge in [-0.15, -0.1) is 11.3 Å². The number of rotatable bonds is 8. The van der Waals surface area contributed by atoms with Crippen molar-refractivity contribution >= 4 is 11.3 Å². The topological polar surface area (TPSA) is 21.3 Å². The van der Waals surface area contributed by atoms with Crippen LogP contribution in [0, 0.1) is 0 Å². The summed E-state index contributed by atoms with van der Waals surface area (Å²) in [5, 5.41) is 5.73. The summed E-state index contributed by atoms with van der Waals surface area (Å²) in [6.07, 6.45) is 3.55. The predicted molar refractivity (Wildman–Crippen MR) is 86.7 cm³/mol. The first kappa shape index (κ1) is 15.1. The molecule has 0 fully saturated rings. The highest BCUT2D eigenvalue weighted by atomic mass is 32.1. The average molecular weight is 289 g/mol. The van der Waals surface area contributed by atoms with Crippen molar-refractivity contribution in [2.24, 2.45) is 0 Å². The van der Waals surface area contributed by atoms with Crippen LogP contribution in [0.3, 0.4) is 0 Å². The van der Waals surface area contributed by atoms with Crippen LogP contribution in [-0.4, -0.2) is 13.7 Å². The van der Waals surface area contributed by atoms with Crippen molar-refractivity contribution in [3.8, 4) is 5.75 Å². The Bertz CT molecular complexity index is 478. The lowest BCUT2D eigenvalue weighted by molar-refractivity contribution is 0.414. The molecule has 1 heterocycles. The van der Waals surface area contributed by atoms with E-state index in [0.717, 1.165) is 18.7 Å². The van der Waals surface area contributed by atoms with Crippen LogP contribution in [-0.2, 0) is 6.42 Å². The Morgan fingerprint density at radius 3 is 2.60 bits per heavy atom. The van der Waals surface area contributed by atoms with Gasteiger partial charge >= 0.3 is 0 Å². The van der Waals surface area contributed by atoms with Crippen LogP contribution in [0.1, 0.15) is 36.2 Å². The number of hydrogen-bond acceptors (Lipinski definition) is 3. The summed E-state index contributed by atoms with van der Waals surface area (Å²) in [6.45, 7) is 3.16. The first-order valence-corrected chi connectivity index (χ1v) is 8.11.